The molecule has 7 heteroatoms. The van der Waals surface area contributed by atoms with Crippen LogP contribution in [0.25, 0.3) is 0 Å². The summed E-state index contributed by atoms with van der Waals surface area (Å²) in [5.41, 5.74) is 0. The van der Waals surface area contributed by atoms with Crippen molar-refractivity contribution < 1.29 is 14.3 Å². The van der Waals surface area contributed by atoms with Gasteiger partial charge in [-0.3, -0.25) is 9.59 Å². The molecule has 2 amide bonds. The molecule has 0 bridgehead atoms. The molecule has 2 aliphatic rings. The van der Waals surface area contributed by atoms with E-state index < -0.39 is 0 Å². The van der Waals surface area contributed by atoms with Crippen molar-refractivity contribution >= 4 is 11.8 Å². The summed E-state index contributed by atoms with van der Waals surface area (Å²) in [5, 5.41) is 0. The van der Waals surface area contributed by atoms with Crippen LogP contribution < -0.4 is 0 Å². The molecular weight excluding hydrogens is 320 g/mol. The molecule has 0 spiro atoms. The number of carbonyl (C=O) groups is 2. The molecule has 3 heterocycles. The second-order valence-electron chi connectivity index (χ2n) is 7.03. The van der Waals surface area contributed by atoms with E-state index in [0.29, 0.717) is 26.2 Å². The molecule has 2 aliphatic heterocycles. The number of hydrogen-bond acceptors (Lipinski definition) is 4. The number of hydrogen-bond donors (Lipinski definition) is 0. The van der Waals surface area contributed by atoms with Gasteiger partial charge in [0.05, 0.1) is 0 Å². The van der Waals surface area contributed by atoms with Gasteiger partial charge in [-0.1, -0.05) is 0 Å². The summed E-state index contributed by atoms with van der Waals surface area (Å²) in [6.07, 6.45) is 6.73. The number of rotatable bonds is 5. The van der Waals surface area contributed by atoms with Gasteiger partial charge in [0.2, 0.25) is 5.91 Å². The number of carbonyl (C=O) groups excluding carboxylic acids is 2. The van der Waals surface area contributed by atoms with E-state index in [4.69, 9.17) is 4.74 Å². The second-order valence-corrected chi connectivity index (χ2v) is 7.03. The standard InChI is InChI=1S/C18H28N4O3/c1-14-19-7-10-21(14)12-11-20(2)17(23)15-5-8-22(9-6-15)18(24)16-4-3-13-25-16/h7,10,15-16H,3-6,8-9,11-13H2,1-2H3/t16-/m1/s1. The lowest BCUT2D eigenvalue weighted by molar-refractivity contribution is -0.145. The number of nitrogens with zero attached hydrogens (tertiary/aromatic N) is 4. The Morgan fingerprint density at radius 2 is 2.08 bits per heavy atom. The molecule has 0 aliphatic carbocycles. The summed E-state index contributed by atoms with van der Waals surface area (Å²) >= 11 is 0. The predicted octanol–water partition coefficient (Wildman–Crippen LogP) is 1.07. The van der Waals surface area contributed by atoms with Crippen LogP contribution in [0.2, 0.25) is 0 Å². The molecule has 3 rings (SSSR count). The van der Waals surface area contributed by atoms with E-state index >= 15 is 0 Å². The van der Waals surface area contributed by atoms with Gasteiger partial charge >= 0.3 is 0 Å². The van der Waals surface area contributed by atoms with Crippen molar-refractivity contribution in [2.75, 3.05) is 33.3 Å². The van der Waals surface area contributed by atoms with Gasteiger partial charge in [-0.25, -0.2) is 4.98 Å². The Labute approximate surface area is 148 Å². The van der Waals surface area contributed by atoms with Crippen molar-refractivity contribution in [3.8, 4) is 0 Å². The third-order valence-electron chi connectivity index (χ3n) is 5.34. The Morgan fingerprint density at radius 1 is 1.32 bits per heavy atom. The molecule has 25 heavy (non-hydrogen) atoms. The normalized spacial score (nSPS) is 21.5. The second kappa shape index (κ2) is 7.99. The van der Waals surface area contributed by atoms with Crippen LogP contribution in [0, 0.1) is 12.8 Å². The largest absolute Gasteiger partial charge is 0.368 e. The number of piperidine rings is 1. The summed E-state index contributed by atoms with van der Waals surface area (Å²) in [7, 11) is 1.86. The van der Waals surface area contributed by atoms with E-state index in [1.807, 2.05) is 34.5 Å². The number of imidazole rings is 1. The Morgan fingerprint density at radius 3 is 2.68 bits per heavy atom. The van der Waals surface area contributed by atoms with Gasteiger partial charge in [0, 0.05) is 58.1 Å². The van der Waals surface area contributed by atoms with Crippen LogP contribution in [0.5, 0.6) is 0 Å². The summed E-state index contributed by atoms with van der Waals surface area (Å²) in [6, 6.07) is 0. The van der Waals surface area contributed by atoms with Crippen molar-refractivity contribution in [1.82, 2.24) is 19.4 Å². The molecule has 2 saturated heterocycles. The molecule has 0 saturated carbocycles. The molecular formula is C18H28N4O3. The average molecular weight is 348 g/mol. The molecule has 1 atom stereocenters. The fourth-order valence-corrected chi connectivity index (χ4v) is 3.64. The van der Waals surface area contributed by atoms with Gasteiger partial charge in [0.25, 0.3) is 5.91 Å². The monoisotopic (exact) mass is 348 g/mol. The van der Waals surface area contributed by atoms with Crippen molar-refractivity contribution in [3.63, 3.8) is 0 Å². The number of aromatic nitrogens is 2. The fraction of sp³-hybridized carbons (Fsp3) is 0.722. The first-order valence-electron chi connectivity index (χ1n) is 9.19. The molecule has 0 aromatic carbocycles. The Kier molecular flexibility index (Phi) is 5.73. The summed E-state index contributed by atoms with van der Waals surface area (Å²) in [5.74, 6) is 1.26. The van der Waals surface area contributed by atoms with Crippen molar-refractivity contribution in [2.45, 2.75) is 45.3 Å². The van der Waals surface area contributed by atoms with E-state index in [9.17, 15) is 9.59 Å². The number of likely N-dealkylation sites (N-methyl/N-ethyl adjacent to an activating group) is 1. The van der Waals surface area contributed by atoms with Crippen LogP contribution in [-0.4, -0.2) is 70.6 Å². The summed E-state index contributed by atoms with van der Waals surface area (Å²) in [6.45, 7) is 5.39. The predicted molar refractivity (Wildman–Crippen MR) is 92.9 cm³/mol. The van der Waals surface area contributed by atoms with Crippen molar-refractivity contribution in [2.24, 2.45) is 5.92 Å². The van der Waals surface area contributed by atoms with Crippen molar-refractivity contribution in [1.29, 1.82) is 0 Å². The first-order chi connectivity index (χ1) is 12.1. The lowest BCUT2D eigenvalue weighted by atomic mass is 9.95. The fourth-order valence-electron chi connectivity index (χ4n) is 3.64. The molecule has 1 aromatic rings. The maximum Gasteiger partial charge on any atom is 0.251 e. The summed E-state index contributed by atoms with van der Waals surface area (Å²) in [4.78, 5) is 32.9. The van der Waals surface area contributed by atoms with E-state index in [1.54, 1.807) is 6.20 Å². The van der Waals surface area contributed by atoms with Crippen LogP contribution in [0.15, 0.2) is 12.4 Å². The third-order valence-corrected chi connectivity index (χ3v) is 5.34. The minimum Gasteiger partial charge on any atom is -0.368 e. The lowest BCUT2D eigenvalue weighted by Crippen LogP contribution is -2.46. The number of amides is 2. The zero-order valence-electron chi connectivity index (χ0n) is 15.2. The van der Waals surface area contributed by atoms with Gasteiger partial charge in [0.15, 0.2) is 0 Å². The van der Waals surface area contributed by atoms with Crippen LogP contribution in [0.4, 0.5) is 0 Å². The quantitative estimate of drug-likeness (QED) is 0.798. The van der Waals surface area contributed by atoms with Crippen molar-refractivity contribution in [3.05, 3.63) is 18.2 Å². The van der Waals surface area contributed by atoms with E-state index in [1.165, 1.54) is 0 Å². The minimum absolute atomic E-state index is 0.0161. The Hall–Kier alpha value is -1.89. The highest BCUT2D eigenvalue weighted by Crippen LogP contribution is 2.22. The van der Waals surface area contributed by atoms with Gasteiger partial charge in [-0.2, -0.15) is 0 Å². The lowest BCUT2D eigenvalue weighted by Gasteiger charge is -2.34. The van der Waals surface area contributed by atoms with Crippen LogP contribution in [0.3, 0.4) is 0 Å². The highest BCUT2D eigenvalue weighted by atomic mass is 16.5. The smallest absolute Gasteiger partial charge is 0.251 e. The zero-order valence-corrected chi connectivity index (χ0v) is 15.2. The molecule has 0 N–H and O–H groups in total. The van der Waals surface area contributed by atoms with E-state index in [2.05, 4.69) is 4.98 Å². The zero-order chi connectivity index (χ0) is 17.8. The highest BCUT2D eigenvalue weighted by molar-refractivity contribution is 5.82. The highest BCUT2D eigenvalue weighted by Gasteiger charge is 2.33. The molecule has 1 aromatic heterocycles. The Balaban J connectivity index is 1.44. The van der Waals surface area contributed by atoms with Gasteiger partial charge < -0.3 is 19.1 Å². The SMILES string of the molecule is Cc1nccn1CCN(C)C(=O)C1CCN(C(=O)[C@H]2CCCO2)CC1. The molecule has 2 fully saturated rings. The first-order valence-corrected chi connectivity index (χ1v) is 9.19. The van der Waals surface area contributed by atoms with Gasteiger partial charge in [0.1, 0.15) is 11.9 Å². The number of aryl methyl sites for hydroxylation is 1. The minimum atomic E-state index is -0.256. The molecule has 138 valence electrons. The van der Waals surface area contributed by atoms with E-state index in [-0.39, 0.29) is 23.8 Å². The van der Waals surface area contributed by atoms with Gasteiger partial charge in [-0.05, 0) is 32.6 Å². The first kappa shape index (κ1) is 17.9. The van der Waals surface area contributed by atoms with Crippen LogP contribution >= 0.6 is 0 Å². The Bertz CT molecular complexity index is 601. The summed E-state index contributed by atoms with van der Waals surface area (Å²) < 4.78 is 7.53. The number of likely N-dealkylation sites (tertiary alicyclic amines) is 1. The van der Waals surface area contributed by atoms with Crippen LogP contribution in [-0.2, 0) is 20.9 Å². The molecule has 0 radical (unpaired) electrons. The van der Waals surface area contributed by atoms with Crippen LogP contribution in [0.1, 0.15) is 31.5 Å². The molecule has 0 unspecified atom stereocenters. The third kappa shape index (κ3) is 4.21. The maximum absolute atomic E-state index is 12.6. The molecule has 7 nitrogen and oxygen atoms in total. The maximum atomic E-state index is 12.6. The number of ether oxygens (including phenoxy) is 1. The van der Waals surface area contributed by atoms with E-state index in [0.717, 1.165) is 38.1 Å². The van der Waals surface area contributed by atoms with Gasteiger partial charge in [-0.15, -0.1) is 0 Å². The average Bonchev–Trinajstić information content (AvgIpc) is 3.30. The topological polar surface area (TPSA) is 67.7 Å².